The van der Waals surface area contributed by atoms with Crippen LogP contribution in [0.3, 0.4) is 0 Å². The zero-order chi connectivity index (χ0) is 18.6. The minimum absolute atomic E-state index is 0.140. The Morgan fingerprint density at radius 3 is 2.36 bits per heavy atom. The summed E-state index contributed by atoms with van der Waals surface area (Å²) >= 11 is 0.980. The number of halogens is 1. The van der Waals surface area contributed by atoms with E-state index in [4.69, 9.17) is 4.74 Å². The molecule has 1 aromatic heterocycles. The summed E-state index contributed by atoms with van der Waals surface area (Å²) in [4.78, 5) is 36.8. The average molecular weight is 364 g/mol. The first-order valence-electron chi connectivity index (χ1n) is 7.48. The van der Waals surface area contributed by atoms with Crippen LogP contribution in [0.25, 0.3) is 0 Å². The predicted molar refractivity (Wildman–Crippen MR) is 92.8 cm³/mol. The van der Waals surface area contributed by atoms with E-state index in [-0.39, 0.29) is 28.6 Å². The number of nitrogens with one attached hydrogen (secondary N) is 2. The first-order valence-corrected chi connectivity index (χ1v) is 8.30. The van der Waals surface area contributed by atoms with Crippen molar-refractivity contribution >= 4 is 34.1 Å². The van der Waals surface area contributed by atoms with Crippen LogP contribution in [0.5, 0.6) is 0 Å². The first-order chi connectivity index (χ1) is 11.9. The minimum Gasteiger partial charge on any atom is -0.462 e. The van der Waals surface area contributed by atoms with Crippen LogP contribution in [0.4, 0.5) is 9.39 Å². The summed E-state index contributed by atoms with van der Waals surface area (Å²) in [5, 5.41) is 5.30. The van der Waals surface area contributed by atoms with E-state index in [0.29, 0.717) is 10.4 Å². The molecule has 2 N–H and O–H groups in total. The Balaban J connectivity index is 2.41. The molecule has 6 nitrogen and oxygen atoms in total. The smallest absolute Gasteiger partial charge is 0.341 e. The lowest BCUT2D eigenvalue weighted by molar-refractivity contribution is 0.0527. The van der Waals surface area contributed by atoms with Crippen molar-refractivity contribution in [2.75, 3.05) is 19.0 Å². The van der Waals surface area contributed by atoms with Gasteiger partial charge in [-0.15, -0.1) is 11.3 Å². The fourth-order valence-electron chi connectivity index (χ4n) is 2.16. The van der Waals surface area contributed by atoms with Gasteiger partial charge in [0.2, 0.25) is 0 Å². The summed E-state index contributed by atoms with van der Waals surface area (Å²) in [6.07, 6.45) is 0. The van der Waals surface area contributed by atoms with Gasteiger partial charge in [-0.1, -0.05) is 0 Å². The number of thiophene rings is 1. The fourth-order valence-corrected chi connectivity index (χ4v) is 3.29. The second-order valence-electron chi connectivity index (χ2n) is 5.02. The third kappa shape index (κ3) is 4.03. The number of hydrogen-bond donors (Lipinski definition) is 2. The molecule has 0 radical (unpaired) electrons. The molecule has 0 aliphatic heterocycles. The number of esters is 1. The molecule has 0 aliphatic rings. The Morgan fingerprint density at radius 1 is 1.16 bits per heavy atom. The second-order valence-corrected chi connectivity index (χ2v) is 6.04. The number of rotatable bonds is 5. The lowest BCUT2D eigenvalue weighted by Crippen LogP contribution is -2.18. The van der Waals surface area contributed by atoms with E-state index in [1.807, 2.05) is 0 Å². The van der Waals surface area contributed by atoms with E-state index in [9.17, 15) is 18.8 Å². The van der Waals surface area contributed by atoms with Gasteiger partial charge in [0.05, 0.1) is 17.0 Å². The highest BCUT2D eigenvalue weighted by molar-refractivity contribution is 7.18. The maximum Gasteiger partial charge on any atom is 0.341 e. The van der Waals surface area contributed by atoms with E-state index in [2.05, 4.69) is 10.6 Å². The van der Waals surface area contributed by atoms with Crippen molar-refractivity contribution in [3.05, 3.63) is 51.7 Å². The lowest BCUT2D eigenvalue weighted by atomic mass is 10.1. The van der Waals surface area contributed by atoms with Gasteiger partial charge in [-0.25, -0.2) is 9.18 Å². The predicted octanol–water partition coefficient (Wildman–Crippen LogP) is 2.98. The summed E-state index contributed by atoms with van der Waals surface area (Å²) in [6.45, 7) is 3.44. The third-order valence-corrected chi connectivity index (χ3v) is 4.60. The average Bonchev–Trinajstić information content (AvgIpc) is 2.91. The highest BCUT2D eigenvalue weighted by Gasteiger charge is 2.26. The molecule has 0 bridgehead atoms. The number of amides is 2. The Bertz CT molecular complexity index is 815. The summed E-state index contributed by atoms with van der Waals surface area (Å²) in [6, 6.07) is 4.98. The quantitative estimate of drug-likeness (QED) is 0.799. The van der Waals surface area contributed by atoms with E-state index in [1.54, 1.807) is 13.8 Å². The van der Waals surface area contributed by atoms with Gasteiger partial charge in [0, 0.05) is 12.6 Å². The molecule has 1 heterocycles. The third-order valence-electron chi connectivity index (χ3n) is 3.39. The van der Waals surface area contributed by atoms with E-state index in [0.717, 1.165) is 23.5 Å². The SMILES string of the molecule is CCOC(=O)c1c(NC(=O)c2ccc(F)cc2)sc(C(=O)NC)c1C. The lowest BCUT2D eigenvalue weighted by Gasteiger charge is -2.07. The molecule has 0 aliphatic carbocycles. The maximum absolute atomic E-state index is 13.0. The first kappa shape index (κ1) is 18.6. The van der Waals surface area contributed by atoms with Crippen LogP contribution >= 0.6 is 11.3 Å². The van der Waals surface area contributed by atoms with Gasteiger partial charge in [-0.2, -0.15) is 0 Å². The van der Waals surface area contributed by atoms with Crippen molar-refractivity contribution in [2.24, 2.45) is 0 Å². The molecule has 1 aromatic carbocycles. The van der Waals surface area contributed by atoms with Gasteiger partial charge in [0.1, 0.15) is 10.8 Å². The summed E-state index contributed by atoms with van der Waals surface area (Å²) in [5.74, 6) is -1.97. The molecule has 2 amide bonds. The Labute approximate surface area is 148 Å². The maximum atomic E-state index is 13.0. The molecule has 8 heteroatoms. The summed E-state index contributed by atoms with van der Waals surface area (Å²) in [7, 11) is 1.47. The number of carbonyl (C=O) groups is 3. The van der Waals surface area contributed by atoms with Crippen LogP contribution in [-0.2, 0) is 4.74 Å². The van der Waals surface area contributed by atoms with Crippen LogP contribution in [0, 0.1) is 12.7 Å². The van der Waals surface area contributed by atoms with E-state index < -0.39 is 17.7 Å². The summed E-state index contributed by atoms with van der Waals surface area (Å²) < 4.78 is 18.0. The molecule has 0 saturated heterocycles. The van der Waals surface area contributed by atoms with Crippen molar-refractivity contribution in [3.8, 4) is 0 Å². The zero-order valence-corrected chi connectivity index (χ0v) is 14.8. The van der Waals surface area contributed by atoms with Crippen LogP contribution in [0.2, 0.25) is 0 Å². The standard InChI is InChI=1S/C17H17FN2O4S/c1-4-24-17(23)12-9(2)13(15(22)19-3)25-16(12)20-14(21)10-5-7-11(18)8-6-10/h5-8H,4H2,1-3H3,(H,19,22)(H,20,21). The van der Waals surface area contributed by atoms with Crippen molar-refractivity contribution in [3.63, 3.8) is 0 Å². The van der Waals surface area contributed by atoms with Crippen LogP contribution < -0.4 is 10.6 Å². The summed E-state index contributed by atoms with van der Waals surface area (Å²) in [5.41, 5.74) is 0.793. The number of anilines is 1. The molecular weight excluding hydrogens is 347 g/mol. The second kappa shape index (κ2) is 7.89. The normalized spacial score (nSPS) is 10.2. The Kier molecular flexibility index (Phi) is 5.87. The van der Waals surface area contributed by atoms with E-state index in [1.165, 1.54) is 19.2 Å². The number of carbonyl (C=O) groups excluding carboxylic acids is 3. The van der Waals surface area contributed by atoms with Gasteiger partial charge < -0.3 is 15.4 Å². The minimum atomic E-state index is -0.624. The highest BCUT2D eigenvalue weighted by Crippen LogP contribution is 2.34. The van der Waals surface area contributed by atoms with Crippen molar-refractivity contribution in [2.45, 2.75) is 13.8 Å². The fraction of sp³-hybridized carbons (Fsp3) is 0.235. The molecule has 0 unspecified atom stereocenters. The van der Waals surface area contributed by atoms with Crippen LogP contribution in [-0.4, -0.2) is 31.4 Å². The largest absolute Gasteiger partial charge is 0.462 e. The zero-order valence-electron chi connectivity index (χ0n) is 13.9. The molecule has 0 spiro atoms. The molecule has 0 saturated carbocycles. The molecule has 25 heavy (non-hydrogen) atoms. The van der Waals surface area contributed by atoms with Crippen molar-refractivity contribution < 1.29 is 23.5 Å². The number of hydrogen-bond acceptors (Lipinski definition) is 5. The Morgan fingerprint density at radius 2 is 1.80 bits per heavy atom. The van der Waals surface area contributed by atoms with Crippen LogP contribution in [0.15, 0.2) is 24.3 Å². The topological polar surface area (TPSA) is 84.5 Å². The van der Waals surface area contributed by atoms with Crippen LogP contribution in [0.1, 0.15) is 42.9 Å². The molecule has 0 fully saturated rings. The van der Waals surface area contributed by atoms with E-state index >= 15 is 0 Å². The number of ether oxygens (including phenoxy) is 1. The van der Waals surface area contributed by atoms with Gasteiger partial charge >= 0.3 is 5.97 Å². The van der Waals surface area contributed by atoms with Gasteiger partial charge in [0.15, 0.2) is 0 Å². The Hall–Kier alpha value is -2.74. The molecular formula is C17H17FN2O4S. The molecule has 132 valence electrons. The monoisotopic (exact) mass is 364 g/mol. The van der Waals surface area contributed by atoms with Crippen molar-refractivity contribution in [1.29, 1.82) is 0 Å². The molecule has 0 atom stereocenters. The van der Waals surface area contributed by atoms with Crippen molar-refractivity contribution in [1.82, 2.24) is 5.32 Å². The van der Waals surface area contributed by atoms with Gasteiger partial charge in [-0.05, 0) is 43.7 Å². The molecule has 2 aromatic rings. The highest BCUT2D eigenvalue weighted by atomic mass is 32.1. The number of benzene rings is 1. The molecule has 2 rings (SSSR count). The van der Waals surface area contributed by atoms with Gasteiger partial charge in [-0.3, -0.25) is 9.59 Å². The van der Waals surface area contributed by atoms with Gasteiger partial charge in [0.25, 0.3) is 11.8 Å².